The minimum atomic E-state index is 0.521. The number of aryl methyl sites for hydroxylation is 1. The van der Waals surface area contributed by atoms with Gasteiger partial charge >= 0.3 is 0 Å². The molecule has 0 aliphatic heterocycles. The van der Waals surface area contributed by atoms with Crippen LogP contribution in [0, 0.1) is 6.92 Å². The number of rotatable bonds is 6. The molecule has 1 aliphatic rings. The highest BCUT2D eigenvalue weighted by molar-refractivity contribution is 5.81. The van der Waals surface area contributed by atoms with Gasteiger partial charge in [0.15, 0.2) is 0 Å². The standard InChI is InChI=1S/C22H28N4O/c1-3-4-9-27-17-11-19(16-7-5-6-8-16)25-20(12-17)18-10-15(2)26-14-24-22(23)13-21(18)26/h10-14,16H,3-9,23H2,1-2H3. The first-order valence-corrected chi connectivity index (χ1v) is 10.0. The summed E-state index contributed by atoms with van der Waals surface area (Å²) in [4.78, 5) is 9.27. The van der Waals surface area contributed by atoms with Crippen LogP contribution in [-0.2, 0) is 0 Å². The number of fused-ring (bicyclic) bond motifs is 1. The van der Waals surface area contributed by atoms with Crippen molar-refractivity contribution >= 4 is 11.3 Å². The number of ether oxygens (including phenoxy) is 1. The molecule has 0 atom stereocenters. The van der Waals surface area contributed by atoms with E-state index in [1.165, 1.54) is 25.7 Å². The second-order valence-electron chi connectivity index (χ2n) is 7.56. The lowest BCUT2D eigenvalue weighted by atomic mass is 10.0. The summed E-state index contributed by atoms with van der Waals surface area (Å²) in [6, 6.07) is 8.30. The molecule has 1 fully saturated rings. The zero-order chi connectivity index (χ0) is 18.8. The zero-order valence-electron chi connectivity index (χ0n) is 16.2. The van der Waals surface area contributed by atoms with E-state index in [-0.39, 0.29) is 0 Å². The maximum atomic E-state index is 6.07. The molecule has 4 rings (SSSR count). The average molecular weight is 364 g/mol. The van der Waals surface area contributed by atoms with E-state index in [0.717, 1.165) is 53.4 Å². The molecule has 0 spiro atoms. The van der Waals surface area contributed by atoms with Gasteiger partial charge in [-0.05, 0) is 32.3 Å². The molecular formula is C22H28N4O. The molecule has 0 amide bonds. The van der Waals surface area contributed by atoms with Crippen molar-refractivity contribution < 1.29 is 4.74 Å². The monoisotopic (exact) mass is 364 g/mol. The number of hydrogen-bond donors (Lipinski definition) is 1. The quantitative estimate of drug-likeness (QED) is 0.616. The Morgan fingerprint density at radius 1 is 1.19 bits per heavy atom. The van der Waals surface area contributed by atoms with Gasteiger partial charge in [-0.2, -0.15) is 0 Å². The van der Waals surface area contributed by atoms with E-state index < -0.39 is 0 Å². The van der Waals surface area contributed by atoms with Gasteiger partial charge < -0.3 is 14.9 Å². The van der Waals surface area contributed by atoms with Crippen molar-refractivity contribution in [1.82, 2.24) is 14.4 Å². The number of aromatic nitrogens is 3. The Kier molecular flexibility index (Phi) is 5.01. The normalized spacial score (nSPS) is 14.9. The smallest absolute Gasteiger partial charge is 0.127 e. The van der Waals surface area contributed by atoms with E-state index in [1.807, 2.05) is 6.07 Å². The maximum absolute atomic E-state index is 6.07. The maximum Gasteiger partial charge on any atom is 0.127 e. The molecule has 5 nitrogen and oxygen atoms in total. The molecule has 0 aromatic carbocycles. The third-order valence-corrected chi connectivity index (χ3v) is 5.51. The second-order valence-corrected chi connectivity index (χ2v) is 7.56. The van der Waals surface area contributed by atoms with E-state index >= 15 is 0 Å². The average Bonchev–Trinajstić information content (AvgIpc) is 3.30. The van der Waals surface area contributed by atoms with Crippen LogP contribution in [0.2, 0.25) is 0 Å². The van der Waals surface area contributed by atoms with Crippen molar-refractivity contribution in [2.24, 2.45) is 0 Å². The summed E-state index contributed by atoms with van der Waals surface area (Å²) in [6.07, 6.45) is 8.99. The molecule has 0 saturated heterocycles. The van der Waals surface area contributed by atoms with Crippen molar-refractivity contribution in [2.45, 2.75) is 58.3 Å². The zero-order valence-corrected chi connectivity index (χ0v) is 16.2. The molecule has 142 valence electrons. The van der Waals surface area contributed by atoms with Crippen LogP contribution in [0.1, 0.15) is 62.8 Å². The molecule has 0 bridgehead atoms. The van der Waals surface area contributed by atoms with Crippen LogP contribution >= 0.6 is 0 Å². The Labute approximate surface area is 160 Å². The van der Waals surface area contributed by atoms with Gasteiger partial charge in [0.25, 0.3) is 0 Å². The Bertz CT molecular complexity index is 941. The van der Waals surface area contributed by atoms with Gasteiger partial charge in [0, 0.05) is 41.1 Å². The fourth-order valence-electron chi connectivity index (χ4n) is 3.99. The fourth-order valence-corrected chi connectivity index (χ4v) is 3.99. The highest BCUT2D eigenvalue weighted by Gasteiger charge is 2.21. The van der Waals surface area contributed by atoms with Crippen molar-refractivity contribution in [3.05, 3.63) is 42.0 Å². The summed E-state index contributed by atoms with van der Waals surface area (Å²) in [6.45, 7) is 5.00. The van der Waals surface area contributed by atoms with Gasteiger partial charge in [0.1, 0.15) is 17.9 Å². The molecule has 0 unspecified atom stereocenters. The lowest BCUT2D eigenvalue weighted by molar-refractivity contribution is 0.308. The molecule has 5 heteroatoms. The Morgan fingerprint density at radius 2 is 2.00 bits per heavy atom. The number of pyridine rings is 1. The van der Waals surface area contributed by atoms with Crippen LogP contribution in [0.4, 0.5) is 5.82 Å². The van der Waals surface area contributed by atoms with Crippen molar-refractivity contribution in [3.8, 4) is 17.0 Å². The summed E-state index contributed by atoms with van der Waals surface area (Å²) in [5, 5.41) is 0. The first-order valence-electron chi connectivity index (χ1n) is 10.0. The minimum Gasteiger partial charge on any atom is -0.493 e. The highest BCUT2D eigenvalue weighted by atomic mass is 16.5. The minimum absolute atomic E-state index is 0.521. The van der Waals surface area contributed by atoms with Crippen molar-refractivity contribution in [1.29, 1.82) is 0 Å². The van der Waals surface area contributed by atoms with Crippen LogP contribution < -0.4 is 10.5 Å². The molecule has 2 N–H and O–H groups in total. The highest BCUT2D eigenvalue weighted by Crippen LogP contribution is 2.37. The van der Waals surface area contributed by atoms with E-state index in [9.17, 15) is 0 Å². The SMILES string of the molecule is CCCCOc1cc(-c2cc(C)n3cnc(N)cc23)nc(C2CCCC2)c1. The molecule has 3 aromatic heterocycles. The van der Waals surface area contributed by atoms with Crippen LogP contribution in [0.25, 0.3) is 16.8 Å². The van der Waals surface area contributed by atoms with Gasteiger partial charge in [-0.15, -0.1) is 0 Å². The molecule has 3 aromatic rings. The Morgan fingerprint density at radius 3 is 2.78 bits per heavy atom. The van der Waals surface area contributed by atoms with E-state index in [1.54, 1.807) is 6.33 Å². The largest absolute Gasteiger partial charge is 0.493 e. The lowest BCUT2D eigenvalue weighted by Gasteiger charge is -2.14. The van der Waals surface area contributed by atoms with Gasteiger partial charge in [0.2, 0.25) is 0 Å². The second kappa shape index (κ2) is 7.59. The van der Waals surface area contributed by atoms with E-state index in [0.29, 0.717) is 11.7 Å². The number of unbranched alkanes of at least 4 members (excludes halogenated alkanes) is 1. The topological polar surface area (TPSA) is 65.4 Å². The van der Waals surface area contributed by atoms with Crippen molar-refractivity contribution in [3.63, 3.8) is 0 Å². The van der Waals surface area contributed by atoms with Gasteiger partial charge in [0.05, 0.1) is 17.8 Å². The van der Waals surface area contributed by atoms with Crippen LogP contribution in [0.3, 0.4) is 0 Å². The van der Waals surface area contributed by atoms with Crippen LogP contribution in [-0.4, -0.2) is 21.0 Å². The molecule has 1 saturated carbocycles. The first kappa shape index (κ1) is 17.8. The first-order chi connectivity index (χ1) is 13.2. The predicted octanol–water partition coefficient (Wildman–Crippen LogP) is 5.12. The van der Waals surface area contributed by atoms with E-state index in [4.69, 9.17) is 15.5 Å². The lowest BCUT2D eigenvalue weighted by Crippen LogP contribution is -2.02. The molecule has 0 radical (unpaired) electrons. The Balaban J connectivity index is 1.80. The summed E-state index contributed by atoms with van der Waals surface area (Å²) >= 11 is 0. The fraction of sp³-hybridized carbons (Fsp3) is 0.455. The summed E-state index contributed by atoms with van der Waals surface area (Å²) < 4.78 is 8.13. The summed E-state index contributed by atoms with van der Waals surface area (Å²) in [5.41, 5.74) is 11.3. The third-order valence-electron chi connectivity index (χ3n) is 5.51. The van der Waals surface area contributed by atoms with Gasteiger partial charge in [-0.1, -0.05) is 26.2 Å². The molecular weight excluding hydrogens is 336 g/mol. The number of anilines is 1. The molecule has 1 aliphatic carbocycles. The summed E-state index contributed by atoms with van der Waals surface area (Å²) in [5.74, 6) is 1.99. The third kappa shape index (κ3) is 3.64. The Hall–Kier alpha value is -2.56. The van der Waals surface area contributed by atoms with E-state index in [2.05, 4.69) is 41.4 Å². The van der Waals surface area contributed by atoms with Crippen LogP contribution in [0.5, 0.6) is 5.75 Å². The number of nitrogens with two attached hydrogens (primary N) is 1. The molecule has 3 heterocycles. The molecule has 27 heavy (non-hydrogen) atoms. The van der Waals surface area contributed by atoms with Crippen LogP contribution in [0.15, 0.2) is 30.6 Å². The van der Waals surface area contributed by atoms with Gasteiger partial charge in [-0.25, -0.2) is 4.98 Å². The number of hydrogen-bond acceptors (Lipinski definition) is 4. The summed E-state index contributed by atoms with van der Waals surface area (Å²) in [7, 11) is 0. The predicted molar refractivity (Wildman–Crippen MR) is 109 cm³/mol. The van der Waals surface area contributed by atoms with Crippen molar-refractivity contribution in [2.75, 3.05) is 12.3 Å². The van der Waals surface area contributed by atoms with Gasteiger partial charge in [-0.3, -0.25) is 4.98 Å². The number of nitrogen functional groups attached to an aromatic ring is 1. The number of nitrogens with zero attached hydrogens (tertiary/aromatic N) is 3.